The predicted molar refractivity (Wildman–Crippen MR) is 108 cm³/mol. The molecule has 0 aromatic heterocycles. The van der Waals surface area contributed by atoms with Crippen LogP contribution in [-0.2, 0) is 24.0 Å². The highest BCUT2D eigenvalue weighted by Gasteiger charge is 2.36. The Morgan fingerprint density at radius 3 is 2.62 bits per heavy atom. The maximum absolute atomic E-state index is 12.5. The van der Waals surface area contributed by atoms with Gasteiger partial charge in [0.2, 0.25) is 0 Å². The van der Waals surface area contributed by atoms with Gasteiger partial charge >= 0.3 is 6.09 Å². The second-order valence-corrected chi connectivity index (χ2v) is 7.76. The monoisotopic (exact) mass is 415 g/mol. The lowest BCUT2D eigenvalue weighted by Crippen LogP contribution is -2.35. The molecule has 1 fully saturated rings. The number of carbonyl (C=O) groups excluding carboxylic acids is 1. The molecule has 4 heteroatoms. The zero-order chi connectivity index (χ0) is 18.7. The smallest absolute Gasteiger partial charge is 0.410 e. The van der Waals surface area contributed by atoms with Crippen molar-refractivity contribution in [3.8, 4) is 0 Å². The van der Waals surface area contributed by atoms with E-state index in [2.05, 4.69) is 67.0 Å². The van der Waals surface area contributed by atoms with E-state index in [-0.39, 0.29) is 18.2 Å². The molecule has 0 aliphatic carbocycles. The van der Waals surface area contributed by atoms with Crippen LogP contribution >= 0.6 is 15.9 Å². The summed E-state index contributed by atoms with van der Waals surface area (Å²) in [7, 11) is 0. The van der Waals surface area contributed by atoms with Gasteiger partial charge in [-0.2, -0.15) is 0 Å². The van der Waals surface area contributed by atoms with E-state index in [4.69, 9.17) is 4.74 Å². The average molecular weight is 416 g/mol. The summed E-state index contributed by atoms with van der Waals surface area (Å²) in [6.07, 6.45) is 2.38. The minimum atomic E-state index is -0.213. The summed E-state index contributed by atoms with van der Waals surface area (Å²) in [5.41, 5.74) is 4.91. The number of hydrogen-bond acceptors (Lipinski definition) is 2. The molecule has 2 atom stereocenters. The number of halogens is 1. The number of nitrogens with zero attached hydrogens (tertiary/aromatic N) is 1. The molecule has 1 heterocycles. The molecule has 0 N–H and O–H groups in total. The fourth-order valence-corrected chi connectivity index (χ4v) is 4.16. The van der Waals surface area contributed by atoms with E-state index in [0.29, 0.717) is 6.54 Å². The van der Waals surface area contributed by atoms with Crippen molar-refractivity contribution < 1.29 is 9.53 Å². The Labute approximate surface area is 164 Å². The Kier molecular flexibility index (Phi) is 6.02. The van der Waals surface area contributed by atoms with Crippen LogP contribution in [0, 0.1) is 0 Å². The summed E-state index contributed by atoms with van der Waals surface area (Å²) in [4.78, 5) is 14.3. The topological polar surface area (TPSA) is 29.5 Å². The molecule has 138 valence electrons. The highest BCUT2D eigenvalue weighted by molar-refractivity contribution is 9.10. The van der Waals surface area contributed by atoms with Crippen molar-refractivity contribution in [1.29, 1.82) is 0 Å². The zero-order valence-corrected chi connectivity index (χ0v) is 17.3. The van der Waals surface area contributed by atoms with Crippen molar-refractivity contribution in [3.63, 3.8) is 0 Å². The zero-order valence-electron chi connectivity index (χ0n) is 15.7. The van der Waals surface area contributed by atoms with Gasteiger partial charge in [0.25, 0.3) is 0 Å². The van der Waals surface area contributed by atoms with Crippen LogP contribution in [0.3, 0.4) is 0 Å². The maximum Gasteiger partial charge on any atom is 0.410 e. The lowest BCUT2D eigenvalue weighted by Gasteiger charge is -2.22. The predicted octanol–water partition coefficient (Wildman–Crippen LogP) is 5.70. The number of benzene rings is 2. The minimum absolute atomic E-state index is 0.0880. The number of cyclic esters (lactones) is 1. The van der Waals surface area contributed by atoms with E-state index >= 15 is 0 Å². The lowest BCUT2D eigenvalue weighted by molar-refractivity contribution is 0.128. The maximum atomic E-state index is 12.5. The average Bonchev–Trinajstić information content (AvgIpc) is 3.05. The number of carbonyl (C=O) groups is 1. The first-order valence-corrected chi connectivity index (χ1v) is 10.1. The molecule has 2 aromatic rings. The van der Waals surface area contributed by atoms with Gasteiger partial charge in [-0.15, -0.1) is 0 Å². The van der Waals surface area contributed by atoms with Gasteiger partial charge in [0.1, 0.15) is 6.10 Å². The molecule has 1 saturated heterocycles. The third-order valence-corrected chi connectivity index (χ3v) is 5.93. The van der Waals surface area contributed by atoms with E-state index in [1.165, 1.54) is 16.7 Å². The molecule has 2 aromatic carbocycles. The van der Waals surface area contributed by atoms with Crippen molar-refractivity contribution in [2.75, 3.05) is 6.54 Å². The summed E-state index contributed by atoms with van der Waals surface area (Å²) >= 11 is 3.67. The van der Waals surface area contributed by atoms with Crippen molar-refractivity contribution >= 4 is 22.0 Å². The SMILES string of the molecule is CCc1ccc(C[C@@H](C)N2C[C@@H](c3ccccc3CC)OC2=O)c(Br)c1. The summed E-state index contributed by atoms with van der Waals surface area (Å²) in [6.45, 7) is 6.99. The number of amides is 1. The summed E-state index contributed by atoms with van der Waals surface area (Å²) in [6, 6.07) is 14.8. The number of rotatable bonds is 6. The first-order valence-electron chi connectivity index (χ1n) is 9.35. The molecule has 1 aliphatic rings. The summed E-state index contributed by atoms with van der Waals surface area (Å²) < 4.78 is 6.82. The quantitative estimate of drug-likeness (QED) is 0.605. The van der Waals surface area contributed by atoms with Gasteiger partial charge < -0.3 is 9.64 Å². The third-order valence-electron chi connectivity index (χ3n) is 5.20. The van der Waals surface area contributed by atoms with Crippen molar-refractivity contribution in [2.45, 2.75) is 52.2 Å². The van der Waals surface area contributed by atoms with Crippen molar-refractivity contribution in [2.24, 2.45) is 0 Å². The van der Waals surface area contributed by atoms with Crippen LogP contribution < -0.4 is 0 Å². The van der Waals surface area contributed by atoms with Gasteiger partial charge in [-0.1, -0.05) is 66.2 Å². The third kappa shape index (κ3) is 3.96. The van der Waals surface area contributed by atoms with Crippen LogP contribution in [0.4, 0.5) is 4.79 Å². The van der Waals surface area contributed by atoms with Crippen LogP contribution in [0.15, 0.2) is 46.9 Å². The molecule has 0 unspecified atom stereocenters. The van der Waals surface area contributed by atoms with Crippen LogP contribution in [0.5, 0.6) is 0 Å². The van der Waals surface area contributed by atoms with E-state index in [0.717, 1.165) is 29.3 Å². The molecular weight excluding hydrogens is 390 g/mol. The van der Waals surface area contributed by atoms with E-state index in [9.17, 15) is 4.79 Å². The number of hydrogen-bond donors (Lipinski definition) is 0. The second kappa shape index (κ2) is 8.26. The molecule has 0 spiro atoms. The highest BCUT2D eigenvalue weighted by Crippen LogP contribution is 2.31. The normalized spacial score (nSPS) is 18.1. The van der Waals surface area contributed by atoms with Gasteiger partial charge in [-0.05, 0) is 54.5 Å². The second-order valence-electron chi connectivity index (χ2n) is 6.91. The van der Waals surface area contributed by atoms with Gasteiger partial charge in [-0.3, -0.25) is 0 Å². The van der Waals surface area contributed by atoms with Crippen molar-refractivity contribution in [3.05, 3.63) is 69.2 Å². The van der Waals surface area contributed by atoms with Crippen LogP contribution in [-0.4, -0.2) is 23.6 Å². The summed E-state index contributed by atoms with van der Waals surface area (Å²) in [5, 5.41) is 0. The van der Waals surface area contributed by atoms with E-state index < -0.39 is 0 Å². The minimum Gasteiger partial charge on any atom is -0.439 e. The number of ether oxygens (including phenoxy) is 1. The molecular formula is C22H26BrNO2. The molecule has 3 rings (SSSR count). The van der Waals surface area contributed by atoms with Crippen LogP contribution in [0.2, 0.25) is 0 Å². The molecule has 1 aliphatic heterocycles. The van der Waals surface area contributed by atoms with E-state index in [1.54, 1.807) is 0 Å². The fourth-order valence-electron chi connectivity index (χ4n) is 3.58. The van der Waals surface area contributed by atoms with Crippen LogP contribution in [0.1, 0.15) is 49.1 Å². The Hall–Kier alpha value is -1.81. The molecule has 1 amide bonds. The standard InChI is InChI=1S/C22H26BrNO2/c1-4-16-10-11-18(20(23)13-16)12-15(3)24-14-21(26-22(24)25)19-9-7-6-8-17(19)5-2/h6-11,13,15,21H,4-5,12,14H2,1-3H3/t15-,21+/m1/s1. The lowest BCUT2D eigenvalue weighted by atomic mass is 9.99. The Morgan fingerprint density at radius 2 is 1.92 bits per heavy atom. The van der Waals surface area contributed by atoms with E-state index in [1.807, 2.05) is 17.0 Å². The molecule has 0 saturated carbocycles. The molecule has 26 heavy (non-hydrogen) atoms. The van der Waals surface area contributed by atoms with Crippen LogP contribution in [0.25, 0.3) is 0 Å². The number of aryl methyl sites for hydroxylation is 2. The summed E-state index contributed by atoms with van der Waals surface area (Å²) in [5.74, 6) is 0. The Balaban J connectivity index is 1.72. The Morgan fingerprint density at radius 1 is 1.15 bits per heavy atom. The molecule has 0 bridgehead atoms. The first kappa shape index (κ1) is 19.0. The first-order chi connectivity index (χ1) is 12.5. The largest absolute Gasteiger partial charge is 0.439 e. The highest BCUT2D eigenvalue weighted by atomic mass is 79.9. The van der Waals surface area contributed by atoms with Gasteiger partial charge in [0.15, 0.2) is 0 Å². The molecule has 3 nitrogen and oxygen atoms in total. The Bertz CT molecular complexity index is 789. The molecule has 0 radical (unpaired) electrons. The van der Waals surface area contributed by atoms with Gasteiger partial charge in [-0.25, -0.2) is 4.79 Å². The van der Waals surface area contributed by atoms with Crippen molar-refractivity contribution in [1.82, 2.24) is 4.90 Å². The van der Waals surface area contributed by atoms with Gasteiger partial charge in [0, 0.05) is 10.5 Å². The fraction of sp³-hybridized carbons (Fsp3) is 0.409. The van der Waals surface area contributed by atoms with Gasteiger partial charge in [0.05, 0.1) is 6.54 Å².